The van der Waals surface area contributed by atoms with Crippen molar-refractivity contribution in [1.29, 1.82) is 0 Å². The number of carbonyl (C=O) groups is 1. The molecule has 1 saturated heterocycles. The Morgan fingerprint density at radius 1 is 1.50 bits per heavy atom. The van der Waals surface area contributed by atoms with Crippen LogP contribution >= 0.6 is 23.4 Å². The maximum atomic E-state index is 12.8. The van der Waals surface area contributed by atoms with Crippen molar-refractivity contribution < 1.29 is 9.53 Å². The second-order valence-corrected chi connectivity index (χ2v) is 6.72. The van der Waals surface area contributed by atoms with Gasteiger partial charge < -0.3 is 9.64 Å². The number of morpholine rings is 1. The van der Waals surface area contributed by atoms with Crippen molar-refractivity contribution in [3.05, 3.63) is 29.8 Å². The van der Waals surface area contributed by atoms with Crippen LogP contribution in [0.25, 0.3) is 0 Å². The van der Waals surface area contributed by atoms with E-state index in [0.29, 0.717) is 19.0 Å². The topological polar surface area (TPSA) is 29.5 Å². The minimum absolute atomic E-state index is 0.0206. The van der Waals surface area contributed by atoms with E-state index >= 15 is 0 Å². The van der Waals surface area contributed by atoms with Gasteiger partial charge >= 0.3 is 0 Å². The fourth-order valence-corrected chi connectivity index (χ4v) is 4.19. The molecule has 3 rings (SSSR count). The van der Waals surface area contributed by atoms with Crippen LogP contribution < -0.4 is 0 Å². The summed E-state index contributed by atoms with van der Waals surface area (Å²) in [5, 5.41) is 0. The van der Waals surface area contributed by atoms with Gasteiger partial charge in [0.15, 0.2) is 0 Å². The second-order valence-electron chi connectivity index (χ2n) is 5.35. The lowest BCUT2D eigenvalue weighted by atomic mass is 9.98. The van der Waals surface area contributed by atoms with Crippen molar-refractivity contribution in [1.82, 2.24) is 4.90 Å². The molecule has 0 radical (unpaired) electrons. The largest absolute Gasteiger partial charge is 0.373 e. The third kappa shape index (κ3) is 2.57. The number of fused-ring (bicyclic) bond motifs is 1. The number of thioether (sulfide) groups is 1. The molecule has 3 atom stereocenters. The van der Waals surface area contributed by atoms with E-state index in [2.05, 4.69) is 12.1 Å². The Balaban J connectivity index is 1.79. The summed E-state index contributed by atoms with van der Waals surface area (Å²) in [6, 6.07) is 8.33. The van der Waals surface area contributed by atoms with E-state index in [1.165, 1.54) is 10.5 Å². The number of benzene rings is 1. The first kappa shape index (κ1) is 14.2. The molecule has 2 heterocycles. The standard InChI is InChI=1S/C15H18ClNO2S/c1-10-8-19-11(6-16)7-17(10)15(18)13-9-20-14-5-3-2-4-12(13)14/h2-5,10-11,13H,6-9H2,1H3. The lowest BCUT2D eigenvalue weighted by Gasteiger charge is -2.38. The van der Waals surface area contributed by atoms with E-state index in [4.69, 9.17) is 16.3 Å². The highest BCUT2D eigenvalue weighted by Crippen LogP contribution is 2.40. The molecule has 1 aromatic rings. The first-order chi connectivity index (χ1) is 9.70. The van der Waals surface area contributed by atoms with E-state index in [-0.39, 0.29) is 24.0 Å². The van der Waals surface area contributed by atoms with Gasteiger partial charge in [0.2, 0.25) is 5.91 Å². The molecular weight excluding hydrogens is 294 g/mol. The fraction of sp³-hybridized carbons (Fsp3) is 0.533. The van der Waals surface area contributed by atoms with Gasteiger partial charge in [-0.1, -0.05) is 18.2 Å². The van der Waals surface area contributed by atoms with Gasteiger partial charge in [-0.3, -0.25) is 4.79 Å². The summed E-state index contributed by atoms with van der Waals surface area (Å²) < 4.78 is 5.62. The molecule has 20 heavy (non-hydrogen) atoms. The number of carbonyl (C=O) groups excluding carboxylic acids is 1. The number of amides is 1. The van der Waals surface area contributed by atoms with E-state index in [9.17, 15) is 4.79 Å². The lowest BCUT2D eigenvalue weighted by Crippen LogP contribution is -2.52. The smallest absolute Gasteiger partial charge is 0.231 e. The Bertz CT molecular complexity index is 510. The maximum Gasteiger partial charge on any atom is 0.231 e. The first-order valence-electron chi connectivity index (χ1n) is 6.90. The third-order valence-electron chi connectivity index (χ3n) is 3.96. The van der Waals surface area contributed by atoms with Crippen LogP contribution in [-0.2, 0) is 9.53 Å². The molecule has 2 aliphatic heterocycles. The van der Waals surface area contributed by atoms with Crippen LogP contribution in [0.3, 0.4) is 0 Å². The van der Waals surface area contributed by atoms with Crippen LogP contribution in [0.5, 0.6) is 0 Å². The summed E-state index contributed by atoms with van der Waals surface area (Å²) >= 11 is 7.64. The van der Waals surface area contributed by atoms with Crippen LogP contribution in [-0.4, -0.2) is 47.7 Å². The molecule has 1 amide bonds. The number of halogens is 1. The van der Waals surface area contributed by atoms with Gasteiger partial charge in [0.05, 0.1) is 30.6 Å². The van der Waals surface area contributed by atoms with Gasteiger partial charge in [0, 0.05) is 17.2 Å². The molecule has 0 saturated carbocycles. The minimum atomic E-state index is -0.0406. The summed E-state index contributed by atoms with van der Waals surface area (Å²) in [4.78, 5) is 16.0. The Hall–Kier alpha value is -0.710. The van der Waals surface area contributed by atoms with Crippen LogP contribution in [0.4, 0.5) is 0 Å². The van der Waals surface area contributed by atoms with Crippen LogP contribution in [0, 0.1) is 0 Å². The Labute approximate surface area is 128 Å². The summed E-state index contributed by atoms with van der Waals surface area (Å²) in [5.74, 6) is 1.47. The maximum absolute atomic E-state index is 12.8. The Morgan fingerprint density at radius 3 is 3.10 bits per heavy atom. The number of rotatable bonds is 2. The van der Waals surface area contributed by atoms with Crippen molar-refractivity contribution in [3.63, 3.8) is 0 Å². The summed E-state index contributed by atoms with van der Waals surface area (Å²) in [6.07, 6.45) is -0.0406. The van der Waals surface area contributed by atoms with Gasteiger partial charge in [-0.2, -0.15) is 0 Å². The predicted molar refractivity (Wildman–Crippen MR) is 81.5 cm³/mol. The van der Waals surface area contributed by atoms with Crippen LogP contribution in [0.2, 0.25) is 0 Å². The number of alkyl halides is 1. The highest BCUT2D eigenvalue weighted by molar-refractivity contribution is 7.99. The van der Waals surface area contributed by atoms with Gasteiger partial charge in [-0.05, 0) is 18.6 Å². The molecule has 3 unspecified atom stereocenters. The van der Waals surface area contributed by atoms with Crippen molar-refractivity contribution in [2.75, 3.05) is 24.8 Å². The predicted octanol–water partition coefficient (Wildman–Crippen LogP) is 2.73. The summed E-state index contributed by atoms with van der Waals surface area (Å²) in [7, 11) is 0. The van der Waals surface area contributed by atoms with E-state index in [1.807, 2.05) is 24.0 Å². The normalized spacial score (nSPS) is 29.3. The number of hydrogen-bond acceptors (Lipinski definition) is 3. The number of nitrogens with zero attached hydrogens (tertiary/aromatic N) is 1. The highest BCUT2D eigenvalue weighted by Gasteiger charge is 2.36. The molecule has 0 aromatic heterocycles. The average molecular weight is 312 g/mol. The van der Waals surface area contributed by atoms with Gasteiger partial charge in [-0.25, -0.2) is 0 Å². The zero-order valence-electron chi connectivity index (χ0n) is 11.4. The Morgan fingerprint density at radius 2 is 2.30 bits per heavy atom. The molecule has 1 fully saturated rings. The first-order valence-corrected chi connectivity index (χ1v) is 8.42. The fourth-order valence-electron chi connectivity index (χ4n) is 2.79. The number of ether oxygens (including phenoxy) is 1. The van der Waals surface area contributed by atoms with E-state index in [1.54, 1.807) is 11.8 Å². The Kier molecular flexibility index (Phi) is 4.24. The van der Waals surface area contributed by atoms with Crippen LogP contribution in [0.15, 0.2) is 29.2 Å². The van der Waals surface area contributed by atoms with Gasteiger partial charge in [0.25, 0.3) is 0 Å². The second kappa shape index (κ2) is 5.96. The van der Waals surface area contributed by atoms with Gasteiger partial charge in [0.1, 0.15) is 0 Å². The third-order valence-corrected chi connectivity index (χ3v) is 5.49. The molecule has 0 spiro atoms. The van der Waals surface area contributed by atoms with Crippen molar-refractivity contribution in [3.8, 4) is 0 Å². The van der Waals surface area contributed by atoms with Gasteiger partial charge in [-0.15, -0.1) is 23.4 Å². The molecule has 108 valence electrons. The molecule has 0 N–H and O–H groups in total. The van der Waals surface area contributed by atoms with E-state index < -0.39 is 0 Å². The lowest BCUT2D eigenvalue weighted by molar-refractivity contribution is -0.144. The molecule has 2 aliphatic rings. The molecule has 1 aromatic carbocycles. The quantitative estimate of drug-likeness (QED) is 0.787. The molecular formula is C15H18ClNO2S. The SMILES string of the molecule is CC1COC(CCl)CN1C(=O)C1CSc2ccccc21. The molecule has 0 bridgehead atoms. The number of hydrogen-bond donors (Lipinski definition) is 0. The molecule has 0 aliphatic carbocycles. The summed E-state index contributed by atoms with van der Waals surface area (Å²) in [5.41, 5.74) is 1.17. The highest BCUT2D eigenvalue weighted by atomic mass is 35.5. The zero-order chi connectivity index (χ0) is 14.1. The van der Waals surface area contributed by atoms with E-state index in [0.717, 1.165) is 5.75 Å². The minimum Gasteiger partial charge on any atom is -0.373 e. The zero-order valence-corrected chi connectivity index (χ0v) is 13.0. The summed E-state index contributed by atoms with van der Waals surface area (Å²) in [6.45, 7) is 3.22. The van der Waals surface area contributed by atoms with Crippen molar-refractivity contribution >= 4 is 29.3 Å². The van der Waals surface area contributed by atoms with Crippen molar-refractivity contribution in [2.45, 2.75) is 29.9 Å². The molecule has 5 heteroatoms. The molecule has 3 nitrogen and oxygen atoms in total. The average Bonchev–Trinajstić information content (AvgIpc) is 2.91. The van der Waals surface area contributed by atoms with Crippen molar-refractivity contribution in [2.24, 2.45) is 0 Å². The van der Waals surface area contributed by atoms with Crippen LogP contribution in [0.1, 0.15) is 18.4 Å². The monoisotopic (exact) mass is 311 g/mol.